The van der Waals surface area contributed by atoms with Crippen LogP contribution in [0.15, 0.2) is 72.8 Å². The number of carbonyl (C=O) groups excluding carboxylic acids is 2. The van der Waals surface area contributed by atoms with Crippen molar-refractivity contribution < 1.29 is 9.59 Å². The quantitative estimate of drug-likeness (QED) is 0.216. The molecule has 0 fully saturated rings. The van der Waals surface area contributed by atoms with E-state index < -0.39 is 8.24 Å². The third-order valence-electron chi connectivity index (χ3n) is 7.84. The molecule has 37 heavy (non-hydrogen) atoms. The average molecular weight is 514 g/mol. The largest absolute Gasteiger partial charge is 0.379 e. The second kappa shape index (κ2) is 10.9. The van der Waals surface area contributed by atoms with E-state index in [0.29, 0.717) is 24.2 Å². The molecule has 194 valence electrons. The molecule has 2 N–H and O–H groups in total. The molecule has 0 atom stereocenters. The fraction of sp³-hybridized carbons (Fsp3) is 0.355. The standard InChI is InChI=1S/C31H39N3O2Si/c1-21(2)37(22(3)4,23(5)6)34-30(35)26-17-28(32-19-24-13-9-7-10-14-24)29(18-27(26)31(34)36)33-20-25-15-11-8-12-16-25/h7-18,21-23,32-33H,19-20H2,1-6H3. The third-order valence-corrected chi connectivity index (χ3v) is 14.6. The molecule has 1 aliphatic heterocycles. The molecule has 1 aliphatic rings. The van der Waals surface area contributed by atoms with Crippen LogP contribution in [0.4, 0.5) is 11.4 Å². The summed E-state index contributed by atoms with van der Waals surface area (Å²) in [5.41, 5.74) is 5.70. The second-order valence-corrected chi connectivity index (χ2v) is 16.6. The lowest BCUT2D eigenvalue weighted by atomic mass is 10.1. The number of rotatable bonds is 10. The number of fused-ring (bicyclic) bond motifs is 1. The maximum Gasteiger partial charge on any atom is 0.253 e. The van der Waals surface area contributed by atoms with Gasteiger partial charge >= 0.3 is 0 Å². The molecule has 0 bridgehead atoms. The number of hydrogen-bond donors (Lipinski definition) is 2. The molecule has 2 amide bonds. The van der Waals surface area contributed by atoms with Crippen molar-refractivity contribution in [3.05, 3.63) is 95.1 Å². The third kappa shape index (κ3) is 4.95. The van der Waals surface area contributed by atoms with Crippen LogP contribution in [0.5, 0.6) is 0 Å². The van der Waals surface area contributed by atoms with Gasteiger partial charge in [-0.2, -0.15) is 0 Å². The molecule has 4 rings (SSSR count). The summed E-state index contributed by atoms with van der Waals surface area (Å²) in [6, 6.07) is 24.1. The Bertz CT molecular complexity index is 1150. The van der Waals surface area contributed by atoms with Gasteiger partial charge in [0, 0.05) is 13.1 Å². The molecule has 0 spiro atoms. The normalized spacial score (nSPS) is 13.6. The number of anilines is 2. The van der Waals surface area contributed by atoms with E-state index in [4.69, 9.17) is 0 Å². The van der Waals surface area contributed by atoms with Crippen LogP contribution in [-0.2, 0) is 13.1 Å². The summed E-state index contributed by atoms with van der Waals surface area (Å²) in [6.07, 6.45) is 0. The van der Waals surface area contributed by atoms with Crippen molar-refractivity contribution in [3.8, 4) is 0 Å². The van der Waals surface area contributed by atoms with E-state index in [-0.39, 0.29) is 28.4 Å². The minimum Gasteiger partial charge on any atom is -0.379 e. The van der Waals surface area contributed by atoms with Gasteiger partial charge in [0.15, 0.2) is 8.24 Å². The molecule has 3 aromatic rings. The van der Waals surface area contributed by atoms with Crippen LogP contribution in [-0.4, -0.2) is 24.6 Å². The van der Waals surface area contributed by atoms with Gasteiger partial charge in [-0.3, -0.25) is 9.59 Å². The fourth-order valence-corrected chi connectivity index (χ4v) is 12.8. The van der Waals surface area contributed by atoms with Crippen LogP contribution in [0.1, 0.15) is 73.4 Å². The van der Waals surface area contributed by atoms with Crippen LogP contribution in [0.2, 0.25) is 16.6 Å². The van der Waals surface area contributed by atoms with Crippen molar-refractivity contribution in [1.29, 1.82) is 0 Å². The molecular weight excluding hydrogens is 474 g/mol. The summed E-state index contributed by atoms with van der Waals surface area (Å²) in [5.74, 6) is -0.278. The summed E-state index contributed by atoms with van der Waals surface area (Å²) in [4.78, 5) is 28.0. The SMILES string of the molecule is CC(C)[Si](C(C)C)(C(C)C)N1C(=O)c2cc(NCc3ccccc3)c(NCc3ccccc3)cc2C1=O. The van der Waals surface area contributed by atoms with E-state index in [0.717, 1.165) is 22.5 Å². The smallest absolute Gasteiger partial charge is 0.253 e. The molecule has 6 heteroatoms. The Kier molecular flexibility index (Phi) is 7.88. The minimum absolute atomic E-state index is 0.139. The first kappa shape index (κ1) is 26.7. The first-order chi connectivity index (χ1) is 17.7. The van der Waals surface area contributed by atoms with Gasteiger partial charge < -0.3 is 15.2 Å². The first-order valence-corrected chi connectivity index (χ1v) is 15.5. The molecule has 0 aliphatic carbocycles. The molecule has 0 saturated heterocycles. The predicted octanol–water partition coefficient (Wildman–Crippen LogP) is 7.68. The van der Waals surface area contributed by atoms with Gasteiger partial charge in [0.05, 0.1) is 22.5 Å². The van der Waals surface area contributed by atoms with E-state index in [9.17, 15) is 9.59 Å². The number of nitrogens with zero attached hydrogens (tertiary/aromatic N) is 1. The second-order valence-electron chi connectivity index (χ2n) is 10.9. The maximum atomic E-state index is 14.0. The Morgan fingerprint density at radius 1 is 0.622 bits per heavy atom. The van der Waals surface area contributed by atoms with Gasteiger partial charge in [-0.15, -0.1) is 0 Å². The van der Waals surface area contributed by atoms with Gasteiger partial charge in [-0.1, -0.05) is 102 Å². The average Bonchev–Trinajstić information content (AvgIpc) is 3.11. The van der Waals surface area contributed by atoms with Crippen LogP contribution in [0.3, 0.4) is 0 Å². The van der Waals surface area contributed by atoms with E-state index in [1.165, 1.54) is 0 Å². The Morgan fingerprint density at radius 2 is 0.973 bits per heavy atom. The summed E-state index contributed by atoms with van der Waals surface area (Å²) >= 11 is 0. The van der Waals surface area contributed by atoms with Gasteiger partial charge in [0.1, 0.15) is 0 Å². The minimum atomic E-state index is -2.50. The van der Waals surface area contributed by atoms with Crippen molar-refractivity contribution in [3.63, 3.8) is 0 Å². The van der Waals surface area contributed by atoms with Gasteiger partial charge in [0.25, 0.3) is 11.8 Å². The molecule has 0 unspecified atom stereocenters. The van der Waals surface area contributed by atoms with Crippen molar-refractivity contribution in [2.75, 3.05) is 10.6 Å². The first-order valence-electron chi connectivity index (χ1n) is 13.3. The monoisotopic (exact) mass is 513 g/mol. The number of amides is 2. The fourth-order valence-electron chi connectivity index (χ4n) is 6.29. The zero-order valence-electron chi connectivity index (χ0n) is 22.8. The van der Waals surface area contributed by atoms with Crippen molar-refractivity contribution in [2.24, 2.45) is 0 Å². The lowest BCUT2D eigenvalue weighted by molar-refractivity contribution is 0.0742. The summed E-state index contributed by atoms with van der Waals surface area (Å²) in [5, 5.41) is 7.04. The maximum absolute atomic E-state index is 14.0. The molecular formula is C31H39N3O2Si. The van der Waals surface area contributed by atoms with E-state index in [2.05, 4.69) is 76.4 Å². The highest BCUT2D eigenvalue weighted by molar-refractivity contribution is 6.85. The molecule has 5 nitrogen and oxygen atoms in total. The van der Waals surface area contributed by atoms with E-state index >= 15 is 0 Å². The highest BCUT2D eigenvalue weighted by Crippen LogP contribution is 2.47. The lowest BCUT2D eigenvalue weighted by Crippen LogP contribution is -2.62. The zero-order chi connectivity index (χ0) is 26.7. The molecule has 3 aromatic carbocycles. The molecule has 0 saturated carbocycles. The number of nitrogens with one attached hydrogen (secondary N) is 2. The molecule has 1 heterocycles. The van der Waals surface area contributed by atoms with Crippen LogP contribution >= 0.6 is 0 Å². The van der Waals surface area contributed by atoms with Crippen LogP contribution in [0, 0.1) is 0 Å². The molecule has 0 radical (unpaired) electrons. The molecule has 0 aromatic heterocycles. The van der Waals surface area contributed by atoms with Crippen molar-refractivity contribution >= 4 is 31.4 Å². The Labute approximate surface area is 222 Å². The number of benzene rings is 3. The summed E-state index contributed by atoms with van der Waals surface area (Å²) in [7, 11) is -2.50. The van der Waals surface area contributed by atoms with Gasteiger partial charge in [0.2, 0.25) is 0 Å². The van der Waals surface area contributed by atoms with Crippen LogP contribution < -0.4 is 10.6 Å². The number of carbonyl (C=O) groups is 2. The predicted molar refractivity (Wildman–Crippen MR) is 156 cm³/mol. The Morgan fingerprint density at radius 3 is 1.30 bits per heavy atom. The van der Waals surface area contributed by atoms with Gasteiger partial charge in [-0.05, 0) is 39.9 Å². The number of hydrogen-bond acceptors (Lipinski definition) is 4. The lowest BCUT2D eigenvalue weighted by Gasteiger charge is -2.48. The summed E-state index contributed by atoms with van der Waals surface area (Å²) < 4.78 is 1.71. The summed E-state index contributed by atoms with van der Waals surface area (Å²) in [6.45, 7) is 14.3. The van der Waals surface area contributed by atoms with Gasteiger partial charge in [-0.25, -0.2) is 0 Å². The number of imide groups is 1. The van der Waals surface area contributed by atoms with Crippen molar-refractivity contribution in [1.82, 2.24) is 4.57 Å². The zero-order valence-corrected chi connectivity index (χ0v) is 23.8. The highest BCUT2D eigenvalue weighted by atomic mass is 28.3. The van der Waals surface area contributed by atoms with Crippen LogP contribution in [0.25, 0.3) is 0 Å². The topological polar surface area (TPSA) is 61.4 Å². The highest BCUT2D eigenvalue weighted by Gasteiger charge is 2.56. The van der Waals surface area contributed by atoms with Crippen molar-refractivity contribution in [2.45, 2.75) is 71.3 Å². The van der Waals surface area contributed by atoms with E-state index in [1.807, 2.05) is 48.5 Å². The Balaban J connectivity index is 1.75. The Hall–Kier alpha value is -3.38. The van der Waals surface area contributed by atoms with E-state index in [1.54, 1.807) is 4.57 Å².